The molecule has 2 aromatic rings. The summed E-state index contributed by atoms with van der Waals surface area (Å²) in [6, 6.07) is 6.58. The van der Waals surface area contributed by atoms with E-state index in [1.165, 1.54) is 6.33 Å². The van der Waals surface area contributed by atoms with Crippen LogP contribution in [0, 0.1) is 16.7 Å². The van der Waals surface area contributed by atoms with Gasteiger partial charge in [-0.1, -0.05) is 0 Å². The van der Waals surface area contributed by atoms with E-state index in [4.69, 9.17) is 4.74 Å². The van der Waals surface area contributed by atoms with Crippen molar-refractivity contribution >= 4 is 17.4 Å². The van der Waals surface area contributed by atoms with Gasteiger partial charge in [0.05, 0.1) is 18.2 Å². The lowest BCUT2D eigenvalue weighted by atomic mass is 9.92. The summed E-state index contributed by atoms with van der Waals surface area (Å²) in [5, 5.41) is 22.9. The summed E-state index contributed by atoms with van der Waals surface area (Å²) in [5.41, 5.74) is 6.05. The zero-order valence-electron chi connectivity index (χ0n) is 20.6. The van der Waals surface area contributed by atoms with Crippen molar-refractivity contribution in [2.75, 3.05) is 37.7 Å². The van der Waals surface area contributed by atoms with Crippen molar-refractivity contribution in [1.29, 1.82) is 10.7 Å². The average molecular weight is 486 g/mol. The topological polar surface area (TPSA) is 118 Å². The number of hydrogen-bond donors (Lipinski definition) is 2. The minimum absolute atomic E-state index is 0.0194. The Kier molecular flexibility index (Phi) is 6.96. The lowest BCUT2D eigenvalue weighted by Crippen LogP contribution is -2.46. The summed E-state index contributed by atoms with van der Waals surface area (Å²) < 4.78 is 5.52. The average Bonchev–Trinajstić information content (AvgIpc) is 2.92. The number of hydrogen-bond acceptors (Lipinski definition) is 7. The smallest absolute Gasteiger partial charge is 0.219 e. The summed E-state index contributed by atoms with van der Waals surface area (Å²) in [7, 11) is 0. The molecule has 9 nitrogen and oxygen atoms in total. The molecule has 186 valence electrons. The van der Waals surface area contributed by atoms with Gasteiger partial charge < -0.3 is 19.9 Å². The molecule has 0 bridgehead atoms. The molecule has 1 fully saturated rings. The molecule has 1 saturated heterocycles. The van der Waals surface area contributed by atoms with Gasteiger partial charge in [-0.25, -0.2) is 9.97 Å². The first-order valence-electron chi connectivity index (χ1n) is 12.6. The first kappa shape index (κ1) is 23.9. The summed E-state index contributed by atoms with van der Waals surface area (Å²) in [4.78, 5) is 24.3. The molecule has 2 N–H and O–H groups in total. The van der Waals surface area contributed by atoms with Gasteiger partial charge in [0.2, 0.25) is 5.91 Å². The summed E-state index contributed by atoms with van der Waals surface area (Å²) in [6.45, 7) is 4.82. The molecular weight excluding hydrogens is 454 g/mol. The van der Waals surface area contributed by atoms with Crippen LogP contribution in [0.15, 0.2) is 42.1 Å². The highest BCUT2D eigenvalue weighted by Crippen LogP contribution is 2.35. The van der Waals surface area contributed by atoms with Crippen LogP contribution in [0.4, 0.5) is 5.69 Å². The highest BCUT2D eigenvalue weighted by molar-refractivity contribution is 6.09. The minimum Gasteiger partial charge on any atom is -0.385 e. The molecule has 4 heterocycles. The van der Waals surface area contributed by atoms with Gasteiger partial charge in [0.25, 0.3) is 0 Å². The molecular formula is C27H31N7O2. The highest BCUT2D eigenvalue weighted by atomic mass is 16.5. The normalized spacial score (nSPS) is 18.4. The molecule has 0 saturated carbocycles. The van der Waals surface area contributed by atoms with Crippen molar-refractivity contribution < 1.29 is 9.53 Å². The van der Waals surface area contributed by atoms with E-state index in [-0.39, 0.29) is 5.91 Å². The van der Waals surface area contributed by atoms with Gasteiger partial charge in [-0.2, -0.15) is 5.26 Å². The molecule has 0 atom stereocenters. The second-order valence-electron chi connectivity index (χ2n) is 9.55. The number of carbonyl (C=O) groups excluding carboxylic acids is 1. The predicted molar refractivity (Wildman–Crippen MR) is 136 cm³/mol. The molecule has 0 unspecified atom stereocenters. The fourth-order valence-corrected chi connectivity index (χ4v) is 5.29. The van der Waals surface area contributed by atoms with Crippen LogP contribution in [-0.4, -0.2) is 65.5 Å². The fraction of sp³-hybridized carbons (Fsp3) is 0.444. The number of amides is 1. The summed E-state index contributed by atoms with van der Waals surface area (Å²) in [6.07, 6.45) is 9.26. The lowest BCUT2D eigenvalue weighted by molar-refractivity contribution is -0.128. The number of ether oxygens (including phenoxy) is 1. The van der Waals surface area contributed by atoms with Gasteiger partial charge >= 0.3 is 0 Å². The molecule has 3 aliphatic rings. The largest absolute Gasteiger partial charge is 0.385 e. The van der Waals surface area contributed by atoms with Gasteiger partial charge in [0.1, 0.15) is 12.2 Å². The standard InChI is InChI=1S/C27H31N7O2/c1-18(35)33-8-4-25(32-22-5-9-36-10-6-22)24(16-33)27(29)34-7-2-3-19-11-23(20(13-28)12-26(19)34)21-14-30-17-31-15-21/h11-12,14-15,17,22,29,32H,2-10,16H2,1H3. The molecule has 1 aromatic heterocycles. The van der Waals surface area contributed by atoms with E-state index in [1.807, 2.05) is 21.9 Å². The van der Waals surface area contributed by atoms with E-state index in [1.54, 1.807) is 19.3 Å². The Labute approximate surface area is 211 Å². The van der Waals surface area contributed by atoms with Crippen molar-refractivity contribution in [3.8, 4) is 17.2 Å². The Morgan fingerprint density at radius 1 is 1.19 bits per heavy atom. The second kappa shape index (κ2) is 10.5. The van der Waals surface area contributed by atoms with Crippen molar-refractivity contribution in [1.82, 2.24) is 20.2 Å². The maximum absolute atomic E-state index is 12.2. The molecule has 0 radical (unpaired) electrons. The number of nitrogens with zero attached hydrogens (tertiary/aromatic N) is 5. The molecule has 0 spiro atoms. The third-order valence-electron chi connectivity index (χ3n) is 7.28. The van der Waals surface area contributed by atoms with Gasteiger partial charge in [-0.15, -0.1) is 0 Å². The number of nitrogens with one attached hydrogen (secondary N) is 2. The van der Waals surface area contributed by atoms with Gasteiger partial charge in [0.15, 0.2) is 0 Å². The molecule has 5 rings (SSSR count). The van der Waals surface area contributed by atoms with Crippen LogP contribution >= 0.6 is 0 Å². The number of aryl methyl sites for hydroxylation is 1. The zero-order valence-corrected chi connectivity index (χ0v) is 20.6. The van der Waals surface area contributed by atoms with Crippen molar-refractivity contribution in [3.05, 3.63) is 53.3 Å². The number of aromatic nitrogens is 2. The lowest BCUT2D eigenvalue weighted by Gasteiger charge is -2.38. The van der Waals surface area contributed by atoms with Crippen LogP contribution in [0.3, 0.4) is 0 Å². The SMILES string of the molecule is CC(=O)N1CCC(NC2CCOCC2)=C(C(=N)N2CCCc3cc(-c4cncnc4)c(C#N)cc32)C1. The third-order valence-corrected chi connectivity index (χ3v) is 7.28. The van der Waals surface area contributed by atoms with Crippen LogP contribution in [0.2, 0.25) is 0 Å². The van der Waals surface area contributed by atoms with Crippen LogP contribution in [0.5, 0.6) is 0 Å². The molecule has 1 aromatic carbocycles. The number of nitriles is 1. The number of carbonyl (C=O) groups is 1. The summed E-state index contributed by atoms with van der Waals surface area (Å²) in [5.74, 6) is 0.419. The van der Waals surface area contributed by atoms with E-state index >= 15 is 0 Å². The van der Waals surface area contributed by atoms with Crippen LogP contribution in [0.25, 0.3) is 11.1 Å². The van der Waals surface area contributed by atoms with Crippen LogP contribution in [-0.2, 0) is 16.0 Å². The van der Waals surface area contributed by atoms with Gasteiger partial charge in [0, 0.05) is 86.2 Å². The van der Waals surface area contributed by atoms with Crippen molar-refractivity contribution in [2.24, 2.45) is 0 Å². The fourth-order valence-electron chi connectivity index (χ4n) is 5.29. The Hall–Kier alpha value is -3.77. The predicted octanol–water partition coefficient (Wildman–Crippen LogP) is 3.02. The number of benzene rings is 1. The molecule has 0 aliphatic carbocycles. The second-order valence-corrected chi connectivity index (χ2v) is 9.55. The van der Waals surface area contributed by atoms with Gasteiger partial charge in [-0.3, -0.25) is 10.2 Å². The minimum atomic E-state index is 0.0194. The molecule has 1 amide bonds. The van der Waals surface area contributed by atoms with Crippen molar-refractivity contribution in [2.45, 2.75) is 45.1 Å². The highest BCUT2D eigenvalue weighted by Gasteiger charge is 2.30. The zero-order chi connectivity index (χ0) is 25.1. The molecule has 9 heteroatoms. The molecule has 36 heavy (non-hydrogen) atoms. The Morgan fingerprint density at radius 2 is 1.97 bits per heavy atom. The summed E-state index contributed by atoms with van der Waals surface area (Å²) >= 11 is 0. The van der Waals surface area contributed by atoms with Crippen molar-refractivity contribution in [3.63, 3.8) is 0 Å². The Bertz CT molecular complexity index is 1230. The van der Waals surface area contributed by atoms with Crippen LogP contribution in [0.1, 0.15) is 43.7 Å². The maximum atomic E-state index is 12.2. The quantitative estimate of drug-likeness (QED) is 0.505. The first-order chi connectivity index (χ1) is 17.5. The number of fused-ring (bicyclic) bond motifs is 1. The van der Waals surface area contributed by atoms with Gasteiger partial charge in [-0.05, 0) is 43.4 Å². The molecule has 3 aliphatic heterocycles. The first-order valence-corrected chi connectivity index (χ1v) is 12.6. The number of anilines is 1. The van der Waals surface area contributed by atoms with E-state index < -0.39 is 0 Å². The number of rotatable bonds is 4. The maximum Gasteiger partial charge on any atom is 0.219 e. The Balaban J connectivity index is 1.50. The monoisotopic (exact) mass is 485 g/mol. The van der Waals surface area contributed by atoms with E-state index in [9.17, 15) is 15.5 Å². The van der Waals surface area contributed by atoms with Crippen LogP contribution < -0.4 is 10.2 Å². The Morgan fingerprint density at radius 3 is 2.69 bits per heavy atom. The third kappa shape index (κ3) is 4.82. The van der Waals surface area contributed by atoms with E-state index in [0.29, 0.717) is 43.5 Å². The van der Waals surface area contributed by atoms with E-state index in [2.05, 4.69) is 21.4 Å². The number of amidine groups is 1. The van der Waals surface area contributed by atoms with E-state index in [0.717, 1.165) is 72.5 Å².